The predicted molar refractivity (Wildman–Crippen MR) is 107 cm³/mol. The summed E-state index contributed by atoms with van der Waals surface area (Å²) in [6.07, 6.45) is 1.04. The molecule has 2 aromatic rings. The molecule has 0 saturated carbocycles. The summed E-state index contributed by atoms with van der Waals surface area (Å²) in [6.45, 7) is 7.45. The average molecular weight is 405 g/mol. The second kappa shape index (κ2) is 8.09. The normalized spacial score (nSPS) is 20.9. The van der Waals surface area contributed by atoms with Gasteiger partial charge in [-0.25, -0.2) is 8.42 Å². The number of hydrogen-bond donors (Lipinski definition) is 0. The molecule has 2 unspecified atom stereocenters. The minimum absolute atomic E-state index is 0.182. The van der Waals surface area contributed by atoms with Gasteiger partial charge < -0.3 is 9.32 Å². The van der Waals surface area contributed by atoms with Crippen LogP contribution in [0.25, 0.3) is 0 Å². The van der Waals surface area contributed by atoms with E-state index < -0.39 is 10.0 Å². The van der Waals surface area contributed by atoms with Gasteiger partial charge in [-0.3, -0.25) is 4.79 Å². The van der Waals surface area contributed by atoms with Crippen molar-refractivity contribution in [2.75, 3.05) is 20.1 Å². The molecule has 6 nitrogen and oxygen atoms in total. The molecule has 1 aromatic carbocycles. The van der Waals surface area contributed by atoms with Crippen molar-refractivity contribution in [2.45, 2.75) is 38.6 Å². The number of rotatable bonds is 5. The summed E-state index contributed by atoms with van der Waals surface area (Å²) in [5.41, 5.74) is 0.449. The number of carbonyl (C=O) groups is 1. The van der Waals surface area contributed by atoms with Gasteiger partial charge in [-0.05, 0) is 61.6 Å². The number of sulfonamides is 1. The Hall–Kier alpha value is -2.12. The molecule has 0 N–H and O–H groups in total. The first-order valence-electron chi connectivity index (χ1n) is 9.58. The van der Waals surface area contributed by atoms with Gasteiger partial charge in [-0.2, -0.15) is 4.31 Å². The van der Waals surface area contributed by atoms with Crippen molar-refractivity contribution in [3.63, 3.8) is 0 Å². The van der Waals surface area contributed by atoms with Gasteiger partial charge in [-0.15, -0.1) is 0 Å². The van der Waals surface area contributed by atoms with E-state index in [-0.39, 0.29) is 10.8 Å². The molecule has 0 aliphatic carbocycles. The third-order valence-electron chi connectivity index (χ3n) is 5.11. The molecular weight excluding hydrogens is 376 g/mol. The van der Waals surface area contributed by atoms with Crippen LogP contribution in [0.3, 0.4) is 0 Å². The van der Waals surface area contributed by atoms with Crippen molar-refractivity contribution in [2.24, 2.45) is 11.8 Å². The monoisotopic (exact) mass is 404 g/mol. The number of hydrogen-bond acceptors (Lipinski definition) is 4. The molecular formula is C21H28N2O4S. The van der Waals surface area contributed by atoms with Crippen LogP contribution in [0, 0.1) is 18.8 Å². The molecule has 2 atom stereocenters. The van der Waals surface area contributed by atoms with Crippen molar-refractivity contribution in [1.82, 2.24) is 9.21 Å². The summed E-state index contributed by atoms with van der Waals surface area (Å²) in [4.78, 5) is 14.4. The minimum atomic E-state index is -3.54. The zero-order chi connectivity index (χ0) is 20.5. The highest BCUT2D eigenvalue weighted by Gasteiger charge is 2.31. The molecule has 2 heterocycles. The van der Waals surface area contributed by atoms with Crippen LogP contribution in [0.2, 0.25) is 0 Å². The van der Waals surface area contributed by atoms with Gasteiger partial charge in [0.1, 0.15) is 11.5 Å². The number of nitrogens with zero attached hydrogens (tertiary/aromatic N) is 2. The Balaban J connectivity index is 1.72. The molecule has 152 valence electrons. The van der Waals surface area contributed by atoms with Crippen molar-refractivity contribution >= 4 is 15.9 Å². The summed E-state index contributed by atoms with van der Waals surface area (Å²) in [5, 5.41) is 0. The Morgan fingerprint density at radius 2 is 1.71 bits per heavy atom. The van der Waals surface area contributed by atoms with E-state index in [1.54, 1.807) is 28.4 Å². The van der Waals surface area contributed by atoms with Crippen LogP contribution in [0.4, 0.5) is 0 Å². The number of amides is 1. The van der Waals surface area contributed by atoms with Crippen LogP contribution >= 0.6 is 0 Å². The zero-order valence-corrected chi connectivity index (χ0v) is 17.7. The summed E-state index contributed by atoms with van der Waals surface area (Å²) < 4.78 is 33.0. The fourth-order valence-electron chi connectivity index (χ4n) is 3.82. The molecule has 0 bridgehead atoms. The van der Waals surface area contributed by atoms with E-state index in [1.165, 1.54) is 12.1 Å². The number of benzene rings is 1. The topological polar surface area (TPSA) is 70.8 Å². The van der Waals surface area contributed by atoms with Crippen LogP contribution < -0.4 is 0 Å². The van der Waals surface area contributed by atoms with Gasteiger partial charge in [0.15, 0.2) is 0 Å². The van der Waals surface area contributed by atoms with E-state index in [1.807, 2.05) is 19.1 Å². The highest BCUT2D eigenvalue weighted by molar-refractivity contribution is 7.89. The first-order chi connectivity index (χ1) is 13.2. The number of furan rings is 1. The summed E-state index contributed by atoms with van der Waals surface area (Å²) in [5.74, 6) is 2.02. The van der Waals surface area contributed by atoms with E-state index in [2.05, 4.69) is 13.8 Å². The zero-order valence-electron chi connectivity index (χ0n) is 16.9. The molecule has 7 heteroatoms. The molecule has 3 rings (SSSR count). The maximum absolute atomic E-state index is 13.0. The largest absolute Gasteiger partial charge is 0.464 e. The molecule has 1 saturated heterocycles. The van der Waals surface area contributed by atoms with E-state index in [4.69, 9.17) is 4.42 Å². The molecule has 1 aliphatic rings. The Bertz CT molecular complexity index is 924. The number of piperidine rings is 1. The molecule has 28 heavy (non-hydrogen) atoms. The summed E-state index contributed by atoms with van der Waals surface area (Å²) >= 11 is 0. The summed E-state index contributed by atoms with van der Waals surface area (Å²) in [6, 6.07) is 9.91. The highest BCUT2D eigenvalue weighted by atomic mass is 32.2. The van der Waals surface area contributed by atoms with Crippen LogP contribution in [0.15, 0.2) is 45.7 Å². The molecule has 1 amide bonds. The quantitative estimate of drug-likeness (QED) is 0.764. The smallest absolute Gasteiger partial charge is 0.254 e. The molecule has 1 fully saturated rings. The van der Waals surface area contributed by atoms with Gasteiger partial charge in [0, 0.05) is 25.7 Å². The van der Waals surface area contributed by atoms with E-state index in [0.717, 1.165) is 12.2 Å². The lowest BCUT2D eigenvalue weighted by Gasteiger charge is -2.34. The first-order valence-corrected chi connectivity index (χ1v) is 11.0. The second-order valence-electron chi connectivity index (χ2n) is 7.97. The van der Waals surface area contributed by atoms with Gasteiger partial charge in [0.25, 0.3) is 5.91 Å². The van der Waals surface area contributed by atoms with E-state index in [0.29, 0.717) is 42.8 Å². The predicted octanol–water partition coefficient (Wildman–Crippen LogP) is 3.53. The lowest BCUT2D eigenvalue weighted by molar-refractivity contribution is 0.0775. The SMILES string of the molecule is Cc1ccc(CN(C)C(=O)c2ccc(S(=O)(=O)N3CC(C)CC(C)C3)cc2)o1. The molecule has 0 spiro atoms. The van der Waals surface area contributed by atoms with Gasteiger partial charge in [0.2, 0.25) is 10.0 Å². The van der Waals surface area contributed by atoms with Gasteiger partial charge in [0.05, 0.1) is 11.4 Å². The van der Waals surface area contributed by atoms with Crippen LogP contribution in [0.5, 0.6) is 0 Å². The molecule has 1 aromatic heterocycles. The van der Waals surface area contributed by atoms with Crippen molar-refractivity contribution in [3.8, 4) is 0 Å². The van der Waals surface area contributed by atoms with Crippen molar-refractivity contribution in [1.29, 1.82) is 0 Å². The van der Waals surface area contributed by atoms with Crippen molar-refractivity contribution in [3.05, 3.63) is 53.5 Å². The van der Waals surface area contributed by atoms with Gasteiger partial charge >= 0.3 is 0 Å². The maximum Gasteiger partial charge on any atom is 0.254 e. The van der Waals surface area contributed by atoms with E-state index in [9.17, 15) is 13.2 Å². The standard InChI is InChI=1S/C21H28N2O4S/c1-15-11-16(2)13-23(12-15)28(25,26)20-9-6-18(7-10-20)21(24)22(4)14-19-8-5-17(3)27-19/h5-10,15-16H,11-14H2,1-4H3. The van der Waals surface area contributed by atoms with E-state index >= 15 is 0 Å². The van der Waals surface area contributed by atoms with Crippen LogP contribution in [-0.4, -0.2) is 43.7 Å². The third-order valence-corrected chi connectivity index (χ3v) is 6.96. The molecule has 1 aliphatic heterocycles. The fourth-order valence-corrected chi connectivity index (χ4v) is 5.50. The Morgan fingerprint density at radius 1 is 1.11 bits per heavy atom. The Morgan fingerprint density at radius 3 is 2.25 bits per heavy atom. The number of aryl methyl sites for hydroxylation is 1. The van der Waals surface area contributed by atoms with Gasteiger partial charge in [-0.1, -0.05) is 13.8 Å². The minimum Gasteiger partial charge on any atom is -0.464 e. The first kappa shape index (κ1) is 20.6. The third kappa shape index (κ3) is 4.47. The summed E-state index contributed by atoms with van der Waals surface area (Å²) in [7, 11) is -1.85. The van der Waals surface area contributed by atoms with Crippen LogP contribution in [0.1, 0.15) is 42.1 Å². The number of carbonyl (C=O) groups excluding carboxylic acids is 1. The van der Waals surface area contributed by atoms with Crippen molar-refractivity contribution < 1.29 is 17.6 Å². The van der Waals surface area contributed by atoms with Crippen LogP contribution in [-0.2, 0) is 16.6 Å². The highest BCUT2D eigenvalue weighted by Crippen LogP contribution is 2.27. The average Bonchev–Trinajstić information content (AvgIpc) is 3.05. The second-order valence-corrected chi connectivity index (χ2v) is 9.90. The Kier molecular flexibility index (Phi) is 5.95. The lowest BCUT2D eigenvalue weighted by Crippen LogP contribution is -2.42. The lowest BCUT2D eigenvalue weighted by atomic mass is 9.94. The maximum atomic E-state index is 13.0. The molecule has 0 radical (unpaired) electrons. The Labute approximate surface area is 167 Å². The fraction of sp³-hybridized carbons (Fsp3) is 0.476.